The van der Waals surface area contributed by atoms with E-state index in [1.54, 1.807) is 23.5 Å². The Morgan fingerprint density at radius 1 is 0.971 bits per heavy atom. The summed E-state index contributed by atoms with van der Waals surface area (Å²) in [6.45, 7) is 6.03. The molecule has 0 saturated heterocycles. The largest absolute Gasteiger partial charge is 0.412 e. The topological polar surface area (TPSA) is 152 Å². The number of amides is 2. The number of primary amides is 2. The molecule has 35 heavy (non-hydrogen) atoms. The highest BCUT2D eigenvalue weighted by Crippen LogP contribution is 2.44. The van der Waals surface area contributed by atoms with Crippen LogP contribution in [0.1, 0.15) is 25.1 Å². The van der Waals surface area contributed by atoms with Crippen LogP contribution < -0.4 is 11.5 Å². The van der Waals surface area contributed by atoms with Gasteiger partial charge in [0.15, 0.2) is 9.84 Å². The summed E-state index contributed by atoms with van der Waals surface area (Å²) in [6, 6.07) is 17.3. The van der Waals surface area contributed by atoms with Crippen molar-refractivity contribution in [3.63, 3.8) is 0 Å². The van der Waals surface area contributed by atoms with Crippen molar-refractivity contribution in [2.75, 3.05) is 6.26 Å². The third-order valence-corrected chi connectivity index (χ3v) is 6.56. The number of allylic oxidation sites excluding steroid dienone is 1. The van der Waals surface area contributed by atoms with Crippen molar-refractivity contribution in [1.29, 1.82) is 0 Å². The third-order valence-electron chi connectivity index (χ3n) is 4.23. The average molecular weight is 557 g/mol. The summed E-state index contributed by atoms with van der Waals surface area (Å²) in [7, 11) is -3.31. The fourth-order valence-electron chi connectivity index (χ4n) is 2.93. The summed E-state index contributed by atoms with van der Waals surface area (Å²) in [4.78, 5) is 19.7. The first kappa shape index (κ1) is 34.6. The van der Waals surface area contributed by atoms with Gasteiger partial charge in [-0.05, 0) is 17.0 Å². The van der Waals surface area contributed by atoms with E-state index in [9.17, 15) is 8.42 Å². The third kappa shape index (κ3) is 11.1. The molecule has 1 aromatic heterocycles. The highest BCUT2D eigenvalue weighted by atomic mass is 32.2. The molecule has 0 aliphatic carbocycles. The van der Waals surface area contributed by atoms with Crippen LogP contribution in [0.2, 0.25) is 0 Å². The second kappa shape index (κ2) is 16.2. The molecule has 0 radical (unpaired) electrons. The van der Waals surface area contributed by atoms with Crippen molar-refractivity contribution >= 4 is 56.9 Å². The van der Waals surface area contributed by atoms with Gasteiger partial charge < -0.3 is 16.9 Å². The molecule has 2 amide bonds. The Hall–Kier alpha value is -2.57. The lowest BCUT2D eigenvalue weighted by atomic mass is 9.93. The maximum atomic E-state index is 12.3. The van der Waals surface area contributed by atoms with E-state index in [2.05, 4.69) is 67.7 Å². The fraction of sp³-hybridized carbons (Fsp3) is 0.167. The molecule has 0 aliphatic heterocycles. The molecule has 0 saturated carbocycles. The highest BCUT2D eigenvalue weighted by molar-refractivity contribution is 7.96. The van der Waals surface area contributed by atoms with Crippen LogP contribution in [0.4, 0.5) is 9.59 Å². The zero-order chi connectivity index (χ0) is 25.2. The van der Waals surface area contributed by atoms with Crippen LogP contribution in [0, 0.1) is 0 Å². The van der Waals surface area contributed by atoms with E-state index in [0.29, 0.717) is 4.90 Å². The lowest BCUT2D eigenvalue weighted by Gasteiger charge is -2.13. The molecule has 0 fully saturated rings. The minimum atomic E-state index is -3.31. The molecule has 0 aliphatic rings. The molecular formula is C24H32N2O5S4. The monoisotopic (exact) mass is 556 g/mol. The normalized spacial score (nSPS) is 10.5. The molecular weight excluding hydrogens is 525 g/mol. The number of carbonyl (C=O) groups excluding carboxylic acids is 2. The van der Waals surface area contributed by atoms with Crippen LogP contribution in [-0.4, -0.2) is 30.6 Å². The molecule has 1 atom stereocenters. The predicted octanol–water partition coefficient (Wildman–Crippen LogP) is 5.58. The molecule has 11 heteroatoms. The Bertz CT molecular complexity index is 1190. The van der Waals surface area contributed by atoms with Gasteiger partial charge in [-0.25, -0.2) is 8.42 Å². The molecule has 1 unspecified atom stereocenters. The van der Waals surface area contributed by atoms with Gasteiger partial charge in [0.2, 0.25) is 0 Å². The van der Waals surface area contributed by atoms with Crippen molar-refractivity contribution in [2.45, 2.75) is 25.2 Å². The second-order valence-corrected chi connectivity index (χ2v) is 10.5. The molecule has 1 heterocycles. The van der Waals surface area contributed by atoms with Gasteiger partial charge >= 0.3 is 0 Å². The van der Waals surface area contributed by atoms with E-state index < -0.39 is 20.3 Å². The minimum Gasteiger partial charge on any atom is -0.412 e. The quantitative estimate of drug-likeness (QED) is 0.239. The van der Waals surface area contributed by atoms with Gasteiger partial charge in [0, 0.05) is 33.7 Å². The van der Waals surface area contributed by atoms with Gasteiger partial charge in [0.05, 0.1) is 4.90 Å². The predicted molar refractivity (Wildman–Crippen MR) is 154 cm³/mol. The molecule has 7 nitrogen and oxygen atoms in total. The number of rotatable bonds is 5. The minimum absolute atomic E-state index is 0. The van der Waals surface area contributed by atoms with E-state index >= 15 is 0 Å². The van der Waals surface area contributed by atoms with E-state index in [1.807, 2.05) is 36.4 Å². The van der Waals surface area contributed by atoms with Crippen molar-refractivity contribution < 1.29 is 23.5 Å². The molecule has 0 spiro atoms. The zero-order valence-corrected chi connectivity index (χ0v) is 22.1. The maximum Gasteiger partial charge on any atom is 0.273 e. The Morgan fingerprint density at radius 3 is 1.89 bits per heavy atom. The van der Waals surface area contributed by atoms with Gasteiger partial charge in [-0.1, -0.05) is 94.2 Å². The number of thiol groups is 2. The molecule has 3 aromatic rings. The summed E-state index contributed by atoms with van der Waals surface area (Å²) in [5.41, 5.74) is 12.6. The number of thiophene rings is 1. The Morgan fingerprint density at radius 2 is 1.43 bits per heavy atom. The van der Waals surface area contributed by atoms with E-state index in [4.69, 9.17) is 9.59 Å². The van der Waals surface area contributed by atoms with Crippen LogP contribution in [0.15, 0.2) is 77.5 Å². The molecule has 2 aromatic carbocycles. The Balaban J connectivity index is 0. The number of nitrogens with two attached hydrogens (primary N) is 2. The Labute approximate surface area is 222 Å². The van der Waals surface area contributed by atoms with E-state index in [0.717, 1.165) is 22.3 Å². The number of carbonyl (C=O) groups is 2. The Kier molecular flexibility index (Phi) is 16.0. The first-order valence-corrected chi connectivity index (χ1v) is 13.1. The molecule has 0 bridgehead atoms. The first-order chi connectivity index (χ1) is 15.4. The van der Waals surface area contributed by atoms with Gasteiger partial charge in [-0.3, -0.25) is 9.59 Å². The summed E-state index contributed by atoms with van der Waals surface area (Å²) in [6.07, 6.45) is 3.18. The number of hydrogen-bond acceptors (Lipinski definition) is 5. The van der Waals surface area contributed by atoms with Gasteiger partial charge in [-0.2, -0.15) is 0 Å². The SMILES string of the molecule is C.C=CC(C)c1scc(-c2ccccc2S(C)(=O)=O)c1-c1ccccc1.NC(=O)S.NC(=O)S.O. The number of sulfone groups is 1. The van der Waals surface area contributed by atoms with Crippen LogP contribution in [0.25, 0.3) is 22.3 Å². The molecule has 3 rings (SSSR count). The standard InChI is InChI=1S/C21H20O2S2.2CH3NOS.CH4.H2O/c1-4-15(2)21-20(16-10-6-5-7-11-16)18(14-24-21)17-12-8-9-13-19(17)25(3,22)23;2*2-1(3)4;;/h4-15H,1H2,2-3H3;2*(H3,2,3,4);1H4;1H2. The van der Waals surface area contributed by atoms with E-state index in [-0.39, 0.29) is 18.8 Å². The van der Waals surface area contributed by atoms with Crippen LogP contribution >= 0.6 is 36.6 Å². The average Bonchev–Trinajstić information content (AvgIpc) is 3.17. The van der Waals surface area contributed by atoms with Crippen molar-refractivity contribution in [2.24, 2.45) is 11.5 Å². The van der Waals surface area contributed by atoms with Crippen LogP contribution in [-0.2, 0) is 9.84 Å². The highest BCUT2D eigenvalue weighted by Gasteiger charge is 2.22. The van der Waals surface area contributed by atoms with Gasteiger partial charge in [-0.15, -0.1) is 17.9 Å². The van der Waals surface area contributed by atoms with Crippen molar-refractivity contribution in [3.05, 3.63) is 77.5 Å². The fourth-order valence-corrected chi connectivity index (χ4v) is 4.98. The summed E-state index contributed by atoms with van der Waals surface area (Å²) in [5.74, 6) is 0.194. The smallest absolute Gasteiger partial charge is 0.273 e. The van der Waals surface area contributed by atoms with Crippen LogP contribution in [0.3, 0.4) is 0 Å². The summed E-state index contributed by atoms with van der Waals surface area (Å²) in [5, 5.41) is 0.779. The lowest BCUT2D eigenvalue weighted by Crippen LogP contribution is -2.00. The molecule has 192 valence electrons. The summed E-state index contributed by atoms with van der Waals surface area (Å²) < 4.78 is 24.5. The maximum absolute atomic E-state index is 12.3. The number of hydrogen-bond donors (Lipinski definition) is 4. The van der Waals surface area contributed by atoms with Crippen LogP contribution in [0.5, 0.6) is 0 Å². The lowest BCUT2D eigenvalue weighted by molar-refractivity contribution is 0.266. The van der Waals surface area contributed by atoms with Gasteiger partial charge in [0.1, 0.15) is 0 Å². The van der Waals surface area contributed by atoms with Crippen molar-refractivity contribution in [1.82, 2.24) is 0 Å². The summed E-state index contributed by atoms with van der Waals surface area (Å²) >= 11 is 7.86. The zero-order valence-electron chi connectivity index (χ0n) is 18.6. The second-order valence-electron chi connectivity index (χ2n) is 6.72. The van der Waals surface area contributed by atoms with Crippen molar-refractivity contribution in [3.8, 4) is 22.3 Å². The first-order valence-electron chi connectivity index (χ1n) is 9.45. The number of benzene rings is 2. The van der Waals surface area contributed by atoms with E-state index in [1.165, 1.54) is 11.1 Å². The van der Waals surface area contributed by atoms with Gasteiger partial charge in [0.25, 0.3) is 10.5 Å². The molecule has 6 N–H and O–H groups in total.